The minimum absolute atomic E-state index is 0.222. The summed E-state index contributed by atoms with van der Waals surface area (Å²) in [6.07, 6.45) is 1.46. The van der Waals surface area contributed by atoms with E-state index < -0.39 is 5.97 Å². The summed E-state index contributed by atoms with van der Waals surface area (Å²) >= 11 is 11.8. The number of nitrogens with zero attached hydrogens (tertiary/aromatic N) is 1. The molecule has 158 valence electrons. The highest BCUT2D eigenvalue weighted by Gasteiger charge is 2.14. The van der Waals surface area contributed by atoms with Gasteiger partial charge in [0.05, 0.1) is 28.9 Å². The molecule has 0 saturated carbocycles. The monoisotopic (exact) mass is 456 g/mol. The van der Waals surface area contributed by atoms with Crippen molar-refractivity contribution >= 4 is 41.3 Å². The van der Waals surface area contributed by atoms with Gasteiger partial charge < -0.3 is 9.47 Å². The first kappa shape index (κ1) is 22.3. The summed E-state index contributed by atoms with van der Waals surface area (Å²) in [5, 5.41) is 4.56. The van der Waals surface area contributed by atoms with Crippen LogP contribution in [0, 0.1) is 6.92 Å². The summed E-state index contributed by atoms with van der Waals surface area (Å²) in [6, 6.07) is 16.5. The van der Waals surface area contributed by atoms with Crippen LogP contribution in [-0.4, -0.2) is 25.2 Å². The number of benzene rings is 3. The Hall–Kier alpha value is -3.35. The standard InChI is InChI=1S/C23H18Cl2N2O4/c1-14-4-3-5-16(10-14)22(28)27-26-13-15-6-9-20(21(11-15)30-2)31-23(29)17-7-8-18(24)19(25)12-17/h3-13H,1-2H3,(H,27,28). The Kier molecular flexibility index (Phi) is 7.28. The summed E-state index contributed by atoms with van der Waals surface area (Å²) in [4.78, 5) is 24.5. The zero-order valence-electron chi connectivity index (χ0n) is 16.7. The predicted octanol–water partition coefficient (Wildman–Crippen LogP) is 5.29. The van der Waals surface area contributed by atoms with Crippen molar-refractivity contribution in [2.45, 2.75) is 6.92 Å². The molecule has 0 radical (unpaired) electrons. The molecule has 3 rings (SSSR count). The third-order valence-corrected chi connectivity index (χ3v) is 4.94. The first-order valence-corrected chi connectivity index (χ1v) is 9.88. The van der Waals surface area contributed by atoms with Crippen molar-refractivity contribution in [3.63, 3.8) is 0 Å². The van der Waals surface area contributed by atoms with Crippen LogP contribution >= 0.6 is 23.2 Å². The molecule has 0 saturated heterocycles. The average molecular weight is 457 g/mol. The van der Waals surface area contributed by atoms with Crippen LogP contribution in [0.4, 0.5) is 0 Å². The smallest absolute Gasteiger partial charge is 0.343 e. The fourth-order valence-electron chi connectivity index (χ4n) is 2.65. The first-order valence-electron chi connectivity index (χ1n) is 9.12. The van der Waals surface area contributed by atoms with Crippen molar-refractivity contribution in [2.24, 2.45) is 5.10 Å². The molecule has 1 amide bonds. The van der Waals surface area contributed by atoms with Crippen LogP contribution in [0.2, 0.25) is 10.0 Å². The molecule has 3 aromatic carbocycles. The highest BCUT2D eigenvalue weighted by molar-refractivity contribution is 6.42. The number of methoxy groups -OCH3 is 1. The zero-order valence-corrected chi connectivity index (χ0v) is 18.2. The van der Waals surface area contributed by atoms with Gasteiger partial charge in [0.2, 0.25) is 0 Å². The third-order valence-electron chi connectivity index (χ3n) is 4.21. The molecule has 0 aliphatic rings. The summed E-state index contributed by atoms with van der Waals surface area (Å²) in [5.41, 5.74) is 4.85. The average Bonchev–Trinajstić information content (AvgIpc) is 2.76. The van der Waals surface area contributed by atoms with Crippen LogP contribution in [0.25, 0.3) is 0 Å². The van der Waals surface area contributed by atoms with Crippen molar-refractivity contribution in [1.82, 2.24) is 5.43 Å². The maximum absolute atomic E-state index is 12.4. The lowest BCUT2D eigenvalue weighted by Crippen LogP contribution is -2.17. The van der Waals surface area contributed by atoms with Gasteiger partial charge >= 0.3 is 5.97 Å². The Morgan fingerprint density at radius 3 is 2.45 bits per heavy atom. The van der Waals surface area contributed by atoms with E-state index in [9.17, 15) is 9.59 Å². The number of rotatable bonds is 6. The number of hydrogen-bond acceptors (Lipinski definition) is 5. The lowest BCUT2D eigenvalue weighted by Gasteiger charge is -2.10. The molecule has 0 aromatic heterocycles. The van der Waals surface area contributed by atoms with E-state index in [1.807, 2.05) is 13.0 Å². The van der Waals surface area contributed by atoms with Gasteiger partial charge in [-0.3, -0.25) is 4.79 Å². The third kappa shape index (κ3) is 5.84. The van der Waals surface area contributed by atoms with E-state index in [1.54, 1.807) is 36.4 Å². The number of carbonyl (C=O) groups excluding carboxylic acids is 2. The van der Waals surface area contributed by atoms with Crippen molar-refractivity contribution in [3.05, 3.63) is 93.0 Å². The molecule has 6 nitrogen and oxygen atoms in total. The Labute approximate surface area is 189 Å². The number of halogens is 2. The van der Waals surface area contributed by atoms with Gasteiger partial charge in [0, 0.05) is 5.56 Å². The van der Waals surface area contributed by atoms with Gasteiger partial charge in [0.25, 0.3) is 5.91 Å². The van der Waals surface area contributed by atoms with Crippen molar-refractivity contribution in [1.29, 1.82) is 0 Å². The Balaban J connectivity index is 1.69. The van der Waals surface area contributed by atoms with Crippen LogP contribution < -0.4 is 14.9 Å². The highest BCUT2D eigenvalue weighted by Crippen LogP contribution is 2.29. The number of nitrogens with one attached hydrogen (secondary N) is 1. The predicted molar refractivity (Wildman–Crippen MR) is 121 cm³/mol. The number of ether oxygens (including phenoxy) is 2. The molecule has 0 bridgehead atoms. The van der Waals surface area contributed by atoms with Crippen LogP contribution in [0.5, 0.6) is 11.5 Å². The minimum Gasteiger partial charge on any atom is -0.493 e. The summed E-state index contributed by atoms with van der Waals surface area (Å²) in [7, 11) is 1.45. The second kappa shape index (κ2) is 10.1. The molecule has 0 fully saturated rings. The van der Waals surface area contributed by atoms with Gasteiger partial charge in [0.15, 0.2) is 11.5 Å². The van der Waals surface area contributed by atoms with E-state index in [2.05, 4.69) is 10.5 Å². The fourth-order valence-corrected chi connectivity index (χ4v) is 2.95. The van der Waals surface area contributed by atoms with E-state index in [4.69, 9.17) is 32.7 Å². The van der Waals surface area contributed by atoms with Gasteiger partial charge in [-0.2, -0.15) is 5.10 Å². The van der Waals surface area contributed by atoms with Gasteiger partial charge in [-0.25, -0.2) is 10.2 Å². The Bertz CT molecular complexity index is 1160. The second-order valence-corrected chi connectivity index (χ2v) is 7.31. The first-order chi connectivity index (χ1) is 14.9. The van der Waals surface area contributed by atoms with Crippen LogP contribution in [0.3, 0.4) is 0 Å². The van der Waals surface area contributed by atoms with E-state index in [-0.39, 0.29) is 22.2 Å². The normalized spacial score (nSPS) is 10.7. The highest BCUT2D eigenvalue weighted by atomic mass is 35.5. The topological polar surface area (TPSA) is 77.0 Å². The van der Waals surface area contributed by atoms with Gasteiger partial charge in [-0.15, -0.1) is 0 Å². The number of aryl methyl sites for hydroxylation is 1. The second-order valence-electron chi connectivity index (χ2n) is 6.50. The molecule has 1 N–H and O–H groups in total. The molecule has 3 aromatic rings. The largest absolute Gasteiger partial charge is 0.493 e. The minimum atomic E-state index is -0.608. The van der Waals surface area contributed by atoms with Gasteiger partial charge in [-0.1, -0.05) is 40.9 Å². The molecule has 31 heavy (non-hydrogen) atoms. The number of hydrazone groups is 1. The Morgan fingerprint density at radius 1 is 0.935 bits per heavy atom. The molecule has 0 heterocycles. The van der Waals surface area contributed by atoms with Crippen LogP contribution in [0.1, 0.15) is 31.8 Å². The SMILES string of the molecule is COc1cc(C=NNC(=O)c2cccc(C)c2)ccc1OC(=O)c1ccc(Cl)c(Cl)c1. The van der Waals surface area contributed by atoms with Crippen molar-refractivity contribution < 1.29 is 19.1 Å². The van der Waals surface area contributed by atoms with E-state index in [0.29, 0.717) is 21.9 Å². The molecule has 0 atom stereocenters. The molecular formula is C23H18Cl2N2O4. The van der Waals surface area contributed by atoms with Gasteiger partial charge in [-0.05, 0) is 61.0 Å². The van der Waals surface area contributed by atoms with E-state index in [1.165, 1.54) is 31.5 Å². The quantitative estimate of drug-likeness (QED) is 0.236. The lowest BCUT2D eigenvalue weighted by atomic mass is 10.1. The van der Waals surface area contributed by atoms with Crippen LogP contribution in [0.15, 0.2) is 65.8 Å². The number of hydrogen-bond donors (Lipinski definition) is 1. The molecule has 0 aliphatic heterocycles. The summed E-state index contributed by atoms with van der Waals surface area (Å²) < 4.78 is 10.7. The van der Waals surface area contributed by atoms with Gasteiger partial charge in [0.1, 0.15) is 0 Å². The zero-order chi connectivity index (χ0) is 22.4. The number of esters is 1. The summed E-state index contributed by atoms with van der Waals surface area (Å²) in [6.45, 7) is 1.90. The van der Waals surface area contributed by atoms with E-state index >= 15 is 0 Å². The van der Waals surface area contributed by atoms with Crippen LogP contribution in [-0.2, 0) is 0 Å². The summed E-state index contributed by atoms with van der Waals surface area (Å²) in [5.74, 6) is -0.385. The maximum atomic E-state index is 12.4. The molecule has 8 heteroatoms. The number of amides is 1. The van der Waals surface area contributed by atoms with Crippen molar-refractivity contribution in [2.75, 3.05) is 7.11 Å². The number of carbonyl (C=O) groups is 2. The Morgan fingerprint density at radius 2 is 1.74 bits per heavy atom. The van der Waals surface area contributed by atoms with E-state index in [0.717, 1.165) is 5.56 Å². The molecular weight excluding hydrogens is 439 g/mol. The maximum Gasteiger partial charge on any atom is 0.343 e. The molecule has 0 unspecified atom stereocenters. The fraction of sp³-hybridized carbons (Fsp3) is 0.0870. The van der Waals surface area contributed by atoms with Crippen molar-refractivity contribution in [3.8, 4) is 11.5 Å². The molecule has 0 aliphatic carbocycles. The molecule has 0 spiro atoms. The lowest BCUT2D eigenvalue weighted by molar-refractivity contribution is 0.0729.